The van der Waals surface area contributed by atoms with Crippen LogP contribution < -0.4 is 19.5 Å². The molecule has 0 aliphatic carbocycles. The molecular formula is C25H32N2O5. The van der Waals surface area contributed by atoms with E-state index < -0.39 is 5.92 Å². The number of nitrogens with one attached hydrogen (secondary N) is 1. The number of para-hydroxylation sites is 1. The van der Waals surface area contributed by atoms with Gasteiger partial charge in [-0.25, -0.2) is 0 Å². The first kappa shape index (κ1) is 23.4. The second kappa shape index (κ2) is 10.4. The maximum atomic E-state index is 13.3. The molecule has 1 heterocycles. The highest BCUT2D eigenvalue weighted by atomic mass is 16.5. The Hall–Kier alpha value is -3.22. The highest BCUT2D eigenvalue weighted by Gasteiger charge is 2.42. The van der Waals surface area contributed by atoms with Crippen molar-refractivity contribution in [2.45, 2.75) is 19.8 Å². The van der Waals surface area contributed by atoms with Crippen LogP contribution in [-0.2, 0) is 4.79 Å². The molecular weight excluding hydrogens is 408 g/mol. The van der Waals surface area contributed by atoms with Crippen molar-refractivity contribution >= 4 is 11.8 Å². The van der Waals surface area contributed by atoms with Gasteiger partial charge in [0.1, 0.15) is 5.75 Å². The third-order valence-corrected chi connectivity index (χ3v) is 5.78. The van der Waals surface area contributed by atoms with Crippen LogP contribution >= 0.6 is 0 Å². The van der Waals surface area contributed by atoms with Gasteiger partial charge in [-0.15, -0.1) is 0 Å². The highest BCUT2D eigenvalue weighted by molar-refractivity contribution is 5.95. The van der Waals surface area contributed by atoms with E-state index in [1.54, 1.807) is 50.5 Å². The number of amides is 2. The second-order valence-corrected chi connectivity index (χ2v) is 8.38. The number of carbonyl (C=O) groups excluding carboxylic acids is 2. The van der Waals surface area contributed by atoms with Crippen LogP contribution in [-0.4, -0.2) is 57.7 Å². The lowest BCUT2D eigenvalue weighted by atomic mass is 9.87. The number of methoxy groups -OCH3 is 3. The van der Waals surface area contributed by atoms with Gasteiger partial charge in [-0.05, 0) is 30.2 Å². The lowest BCUT2D eigenvalue weighted by Crippen LogP contribution is -2.37. The summed E-state index contributed by atoms with van der Waals surface area (Å²) in [5, 5.41) is 3.04. The van der Waals surface area contributed by atoms with E-state index in [-0.39, 0.29) is 17.7 Å². The molecule has 0 bridgehead atoms. The van der Waals surface area contributed by atoms with E-state index in [9.17, 15) is 9.59 Å². The van der Waals surface area contributed by atoms with Crippen molar-refractivity contribution in [3.8, 4) is 17.2 Å². The molecule has 2 aromatic rings. The minimum Gasteiger partial charge on any atom is -0.497 e. The summed E-state index contributed by atoms with van der Waals surface area (Å²) in [5.74, 6) is 1.34. The molecule has 0 unspecified atom stereocenters. The Kier molecular flexibility index (Phi) is 7.62. The number of benzene rings is 2. The Balaban J connectivity index is 1.94. The van der Waals surface area contributed by atoms with Gasteiger partial charge in [-0.3, -0.25) is 9.59 Å². The first-order valence-corrected chi connectivity index (χ1v) is 10.8. The lowest BCUT2D eigenvalue weighted by Gasteiger charge is -2.22. The zero-order chi connectivity index (χ0) is 23.3. The normalized spacial score (nSPS) is 17.9. The van der Waals surface area contributed by atoms with Crippen LogP contribution in [0, 0.1) is 11.8 Å². The molecule has 0 spiro atoms. The van der Waals surface area contributed by atoms with E-state index >= 15 is 0 Å². The zero-order valence-corrected chi connectivity index (χ0v) is 19.4. The van der Waals surface area contributed by atoms with Gasteiger partial charge in [0.15, 0.2) is 11.5 Å². The van der Waals surface area contributed by atoms with Gasteiger partial charge in [-0.2, -0.15) is 0 Å². The number of hydrogen-bond donors (Lipinski definition) is 1. The Bertz CT molecular complexity index is 959. The van der Waals surface area contributed by atoms with Crippen molar-refractivity contribution in [1.82, 2.24) is 10.2 Å². The highest BCUT2D eigenvalue weighted by Crippen LogP contribution is 2.42. The van der Waals surface area contributed by atoms with E-state index in [4.69, 9.17) is 14.2 Å². The maximum Gasteiger partial charge on any atom is 0.254 e. The van der Waals surface area contributed by atoms with Crippen molar-refractivity contribution in [2.24, 2.45) is 11.8 Å². The summed E-state index contributed by atoms with van der Waals surface area (Å²) in [4.78, 5) is 28.2. The second-order valence-electron chi connectivity index (χ2n) is 8.38. The van der Waals surface area contributed by atoms with Crippen molar-refractivity contribution in [1.29, 1.82) is 0 Å². The summed E-state index contributed by atoms with van der Waals surface area (Å²) in [6, 6.07) is 12.7. The predicted molar refractivity (Wildman–Crippen MR) is 123 cm³/mol. The fourth-order valence-electron chi connectivity index (χ4n) is 4.13. The van der Waals surface area contributed by atoms with E-state index in [2.05, 4.69) is 19.2 Å². The summed E-state index contributed by atoms with van der Waals surface area (Å²) >= 11 is 0. The lowest BCUT2D eigenvalue weighted by molar-refractivity contribution is -0.125. The smallest absolute Gasteiger partial charge is 0.254 e. The molecule has 1 aliphatic rings. The molecule has 1 N–H and O–H groups in total. The largest absolute Gasteiger partial charge is 0.497 e. The maximum absolute atomic E-state index is 13.3. The summed E-state index contributed by atoms with van der Waals surface area (Å²) in [5.41, 5.74) is 1.39. The van der Waals surface area contributed by atoms with Crippen LogP contribution in [0.25, 0.3) is 0 Å². The van der Waals surface area contributed by atoms with Crippen molar-refractivity contribution in [3.63, 3.8) is 0 Å². The minimum absolute atomic E-state index is 0.0606. The molecule has 172 valence electrons. The first-order valence-electron chi connectivity index (χ1n) is 10.8. The Morgan fingerprint density at radius 1 is 1.03 bits per heavy atom. The van der Waals surface area contributed by atoms with Gasteiger partial charge in [-0.1, -0.05) is 32.0 Å². The van der Waals surface area contributed by atoms with E-state index in [1.807, 2.05) is 18.2 Å². The van der Waals surface area contributed by atoms with Gasteiger partial charge in [0.05, 0.1) is 27.2 Å². The Morgan fingerprint density at radius 2 is 1.78 bits per heavy atom. The number of ether oxygens (including phenoxy) is 3. The van der Waals surface area contributed by atoms with Crippen molar-refractivity contribution in [3.05, 3.63) is 53.6 Å². The average molecular weight is 441 g/mol. The first-order chi connectivity index (χ1) is 15.4. The molecule has 2 aromatic carbocycles. The standard InChI is InChI=1S/C25H32N2O5/c1-16(2)13-26-24(28)21-15-27(25(29)17-8-6-9-18(12-17)30-3)14-20(21)19-10-7-11-22(31-4)23(19)32-5/h6-12,16,20-21H,13-15H2,1-5H3,(H,26,28)/t20-,21-/m0/s1. The molecule has 7 nitrogen and oxygen atoms in total. The van der Waals surface area contributed by atoms with Crippen LogP contribution in [0.15, 0.2) is 42.5 Å². The van der Waals surface area contributed by atoms with Gasteiger partial charge in [0.25, 0.3) is 5.91 Å². The van der Waals surface area contributed by atoms with Crippen molar-refractivity contribution in [2.75, 3.05) is 41.0 Å². The van der Waals surface area contributed by atoms with Gasteiger partial charge in [0.2, 0.25) is 5.91 Å². The SMILES string of the molecule is COc1cccc(C(=O)N2C[C@H](C(=O)NCC(C)C)[C@H](c3cccc(OC)c3OC)C2)c1. The monoisotopic (exact) mass is 440 g/mol. The van der Waals surface area contributed by atoms with Crippen LogP contribution in [0.2, 0.25) is 0 Å². The average Bonchev–Trinajstić information content (AvgIpc) is 3.26. The molecule has 1 fully saturated rings. The van der Waals surface area contributed by atoms with Gasteiger partial charge >= 0.3 is 0 Å². The van der Waals surface area contributed by atoms with Gasteiger partial charge < -0.3 is 24.4 Å². The molecule has 2 atom stereocenters. The predicted octanol–water partition coefficient (Wildman–Crippen LogP) is 3.34. The molecule has 0 saturated carbocycles. The number of carbonyl (C=O) groups is 2. The molecule has 1 aliphatic heterocycles. The fraction of sp³-hybridized carbons (Fsp3) is 0.440. The fourth-order valence-corrected chi connectivity index (χ4v) is 4.13. The molecule has 0 radical (unpaired) electrons. The molecule has 7 heteroatoms. The number of rotatable bonds is 8. The quantitative estimate of drug-likeness (QED) is 0.681. The third kappa shape index (κ3) is 4.98. The third-order valence-electron chi connectivity index (χ3n) is 5.78. The summed E-state index contributed by atoms with van der Waals surface area (Å²) in [6.45, 7) is 5.41. The summed E-state index contributed by atoms with van der Waals surface area (Å²) < 4.78 is 16.4. The van der Waals surface area contributed by atoms with Crippen LogP contribution in [0.1, 0.15) is 35.7 Å². The van der Waals surface area contributed by atoms with E-state index in [0.717, 1.165) is 5.56 Å². The zero-order valence-electron chi connectivity index (χ0n) is 19.4. The molecule has 2 amide bonds. The topological polar surface area (TPSA) is 77.1 Å². The summed E-state index contributed by atoms with van der Waals surface area (Å²) in [7, 11) is 4.74. The number of likely N-dealkylation sites (tertiary alicyclic amines) is 1. The van der Waals surface area contributed by atoms with E-state index in [0.29, 0.717) is 48.4 Å². The molecule has 3 rings (SSSR count). The Morgan fingerprint density at radius 3 is 2.44 bits per heavy atom. The van der Waals surface area contributed by atoms with Crippen LogP contribution in [0.3, 0.4) is 0 Å². The van der Waals surface area contributed by atoms with Gasteiger partial charge in [0, 0.05) is 36.7 Å². The number of nitrogens with zero attached hydrogens (tertiary/aromatic N) is 1. The Labute approximate surface area is 189 Å². The van der Waals surface area contributed by atoms with Crippen LogP contribution in [0.5, 0.6) is 17.2 Å². The van der Waals surface area contributed by atoms with Crippen molar-refractivity contribution < 1.29 is 23.8 Å². The molecule has 0 aromatic heterocycles. The minimum atomic E-state index is -0.399. The number of hydrogen-bond acceptors (Lipinski definition) is 5. The van der Waals surface area contributed by atoms with Crippen LogP contribution in [0.4, 0.5) is 0 Å². The molecule has 32 heavy (non-hydrogen) atoms. The summed E-state index contributed by atoms with van der Waals surface area (Å²) in [6.07, 6.45) is 0. The van der Waals surface area contributed by atoms with E-state index in [1.165, 1.54) is 0 Å². The molecule has 1 saturated heterocycles.